The standard InChI is InChI=1S/C12H14Cl2N2O3/c1-3-7(4-2)15-12(17)9-5-8(16(18)19)6-10(13)11(9)14/h5-7H,3-4H2,1-2H3,(H,15,17). The molecule has 1 N–H and O–H groups in total. The molecule has 0 aliphatic rings. The second kappa shape index (κ2) is 6.73. The molecule has 19 heavy (non-hydrogen) atoms. The maximum absolute atomic E-state index is 12.0. The first-order chi connectivity index (χ1) is 8.90. The van der Waals surface area contributed by atoms with E-state index in [4.69, 9.17) is 23.2 Å². The number of nitro groups is 1. The predicted octanol–water partition coefficient (Wildman–Crippen LogP) is 3.82. The Balaban J connectivity index is 3.11. The number of hydrogen-bond donors (Lipinski definition) is 1. The highest BCUT2D eigenvalue weighted by molar-refractivity contribution is 6.44. The Labute approximate surface area is 121 Å². The second-order valence-corrected chi connectivity index (χ2v) is 4.82. The molecule has 0 atom stereocenters. The van der Waals surface area contributed by atoms with Crippen LogP contribution in [-0.4, -0.2) is 16.9 Å². The molecule has 0 saturated carbocycles. The van der Waals surface area contributed by atoms with Crippen molar-refractivity contribution in [2.24, 2.45) is 0 Å². The first-order valence-corrected chi connectivity index (χ1v) is 6.60. The molecule has 1 aromatic rings. The molecule has 1 aromatic carbocycles. The van der Waals surface area contributed by atoms with Crippen LogP contribution in [0.5, 0.6) is 0 Å². The number of nitro benzene ring substituents is 1. The highest BCUT2D eigenvalue weighted by atomic mass is 35.5. The Morgan fingerprint density at radius 1 is 1.37 bits per heavy atom. The number of non-ortho nitro benzene ring substituents is 1. The zero-order valence-electron chi connectivity index (χ0n) is 10.6. The maximum atomic E-state index is 12.0. The summed E-state index contributed by atoms with van der Waals surface area (Å²) in [7, 11) is 0. The summed E-state index contributed by atoms with van der Waals surface area (Å²) in [4.78, 5) is 22.2. The first kappa shape index (κ1) is 15.7. The number of carbonyl (C=O) groups excluding carboxylic acids is 1. The highest BCUT2D eigenvalue weighted by Crippen LogP contribution is 2.30. The van der Waals surface area contributed by atoms with Crippen molar-refractivity contribution in [2.75, 3.05) is 0 Å². The molecule has 0 aromatic heterocycles. The van der Waals surface area contributed by atoms with Gasteiger partial charge in [-0.15, -0.1) is 0 Å². The van der Waals surface area contributed by atoms with Gasteiger partial charge in [-0.05, 0) is 12.8 Å². The van der Waals surface area contributed by atoms with Gasteiger partial charge in [0, 0.05) is 18.2 Å². The van der Waals surface area contributed by atoms with Gasteiger partial charge in [0.15, 0.2) is 0 Å². The van der Waals surface area contributed by atoms with Crippen molar-refractivity contribution in [3.8, 4) is 0 Å². The molecule has 0 fully saturated rings. The summed E-state index contributed by atoms with van der Waals surface area (Å²) in [5.41, 5.74) is -0.239. The molecule has 0 bridgehead atoms. The average molecular weight is 305 g/mol. The summed E-state index contributed by atoms with van der Waals surface area (Å²) in [5, 5.41) is 13.5. The lowest BCUT2D eigenvalue weighted by molar-refractivity contribution is -0.384. The Kier molecular flexibility index (Phi) is 5.57. The molecule has 7 heteroatoms. The van der Waals surface area contributed by atoms with Gasteiger partial charge in [-0.2, -0.15) is 0 Å². The first-order valence-electron chi connectivity index (χ1n) is 5.84. The van der Waals surface area contributed by atoms with Crippen molar-refractivity contribution in [3.05, 3.63) is 37.9 Å². The minimum absolute atomic E-state index is 0.00149. The third-order valence-corrected chi connectivity index (χ3v) is 3.59. The molecule has 1 amide bonds. The Morgan fingerprint density at radius 2 is 1.95 bits per heavy atom. The van der Waals surface area contributed by atoms with Crippen LogP contribution in [0.2, 0.25) is 10.0 Å². The lowest BCUT2D eigenvalue weighted by Gasteiger charge is -2.15. The van der Waals surface area contributed by atoms with E-state index in [0.29, 0.717) is 0 Å². The minimum Gasteiger partial charge on any atom is -0.349 e. The van der Waals surface area contributed by atoms with Crippen molar-refractivity contribution in [1.82, 2.24) is 5.32 Å². The van der Waals surface area contributed by atoms with E-state index in [9.17, 15) is 14.9 Å². The SMILES string of the molecule is CCC(CC)NC(=O)c1cc([N+](=O)[O-])cc(Cl)c1Cl. The van der Waals surface area contributed by atoms with Crippen molar-refractivity contribution in [1.29, 1.82) is 0 Å². The van der Waals surface area contributed by atoms with Crippen LogP contribution in [0, 0.1) is 10.1 Å². The largest absolute Gasteiger partial charge is 0.349 e. The van der Waals surface area contributed by atoms with Crippen molar-refractivity contribution >= 4 is 34.8 Å². The molecule has 5 nitrogen and oxygen atoms in total. The Morgan fingerprint density at radius 3 is 2.42 bits per heavy atom. The molecular weight excluding hydrogens is 291 g/mol. The number of halogens is 2. The number of amides is 1. The summed E-state index contributed by atoms with van der Waals surface area (Å²) in [6.45, 7) is 3.88. The van der Waals surface area contributed by atoms with Gasteiger partial charge >= 0.3 is 0 Å². The number of hydrogen-bond acceptors (Lipinski definition) is 3. The summed E-state index contributed by atoms with van der Waals surface area (Å²) in [6.07, 6.45) is 1.53. The zero-order valence-corrected chi connectivity index (χ0v) is 12.1. The van der Waals surface area contributed by atoms with E-state index in [0.717, 1.165) is 25.0 Å². The average Bonchev–Trinajstić information content (AvgIpc) is 2.38. The quantitative estimate of drug-likeness (QED) is 0.664. The minimum atomic E-state index is -0.615. The molecule has 0 aliphatic heterocycles. The molecule has 0 spiro atoms. The van der Waals surface area contributed by atoms with Crippen LogP contribution in [-0.2, 0) is 0 Å². The van der Waals surface area contributed by atoms with Crippen LogP contribution in [0.4, 0.5) is 5.69 Å². The number of nitrogens with zero attached hydrogens (tertiary/aromatic N) is 1. The fourth-order valence-corrected chi connectivity index (χ4v) is 2.01. The van der Waals surface area contributed by atoms with Gasteiger partial charge in [0.1, 0.15) is 0 Å². The third kappa shape index (κ3) is 3.81. The normalized spacial score (nSPS) is 10.6. The van der Waals surface area contributed by atoms with Gasteiger partial charge in [-0.1, -0.05) is 37.0 Å². The molecule has 0 radical (unpaired) electrons. The molecular formula is C12H14Cl2N2O3. The fraction of sp³-hybridized carbons (Fsp3) is 0.417. The molecule has 0 unspecified atom stereocenters. The monoisotopic (exact) mass is 304 g/mol. The van der Waals surface area contributed by atoms with Crippen LogP contribution >= 0.6 is 23.2 Å². The lowest BCUT2D eigenvalue weighted by Crippen LogP contribution is -2.34. The summed E-state index contributed by atoms with van der Waals surface area (Å²) < 4.78 is 0. The molecule has 0 heterocycles. The Bertz CT molecular complexity index is 502. The number of rotatable bonds is 5. The van der Waals surface area contributed by atoms with Gasteiger partial charge in [-0.3, -0.25) is 14.9 Å². The van der Waals surface area contributed by atoms with Crippen molar-refractivity contribution in [2.45, 2.75) is 32.7 Å². The van der Waals surface area contributed by atoms with Crippen LogP contribution in [0.3, 0.4) is 0 Å². The van der Waals surface area contributed by atoms with Crippen LogP contribution < -0.4 is 5.32 Å². The highest BCUT2D eigenvalue weighted by Gasteiger charge is 2.20. The lowest BCUT2D eigenvalue weighted by atomic mass is 10.1. The van der Waals surface area contributed by atoms with E-state index in [1.165, 1.54) is 0 Å². The van der Waals surface area contributed by atoms with Gasteiger partial charge in [0.25, 0.3) is 11.6 Å². The van der Waals surface area contributed by atoms with Gasteiger partial charge in [-0.25, -0.2) is 0 Å². The van der Waals surface area contributed by atoms with Gasteiger partial charge < -0.3 is 5.32 Å². The van der Waals surface area contributed by atoms with E-state index in [-0.39, 0.29) is 27.3 Å². The number of carbonyl (C=O) groups is 1. The van der Waals surface area contributed by atoms with Gasteiger partial charge in [0.2, 0.25) is 0 Å². The summed E-state index contributed by atoms with van der Waals surface area (Å²) >= 11 is 11.7. The summed E-state index contributed by atoms with van der Waals surface area (Å²) in [6, 6.07) is 2.26. The smallest absolute Gasteiger partial charge is 0.271 e. The van der Waals surface area contributed by atoms with E-state index in [1.54, 1.807) is 0 Å². The molecule has 0 aliphatic carbocycles. The Hall–Kier alpha value is -1.33. The van der Waals surface area contributed by atoms with E-state index in [2.05, 4.69) is 5.32 Å². The maximum Gasteiger partial charge on any atom is 0.271 e. The summed E-state index contributed by atoms with van der Waals surface area (Å²) in [5.74, 6) is -0.454. The fourth-order valence-electron chi connectivity index (χ4n) is 1.60. The van der Waals surface area contributed by atoms with Crippen LogP contribution in [0.25, 0.3) is 0 Å². The van der Waals surface area contributed by atoms with E-state index in [1.807, 2.05) is 13.8 Å². The zero-order chi connectivity index (χ0) is 14.6. The van der Waals surface area contributed by atoms with Gasteiger partial charge in [0.05, 0.1) is 20.5 Å². The third-order valence-electron chi connectivity index (χ3n) is 2.79. The van der Waals surface area contributed by atoms with Crippen LogP contribution in [0.1, 0.15) is 37.0 Å². The molecule has 0 saturated heterocycles. The predicted molar refractivity (Wildman–Crippen MR) is 75.0 cm³/mol. The van der Waals surface area contributed by atoms with E-state index >= 15 is 0 Å². The van der Waals surface area contributed by atoms with Crippen molar-refractivity contribution in [3.63, 3.8) is 0 Å². The topological polar surface area (TPSA) is 72.2 Å². The second-order valence-electron chi connectivity index (χ2n) is 4.03. The molecule has 1 rings (SSSR count). The number of benzene rings is 1. The van der Waals surface area contributed by atoms with Crippen molar-refractivity contribution < 1.29 is 9.72 Å². The molecule has 104 valence electrons. The van der Waals surface area contributed by atoms with Crippen LogP contribution in [0.15, 0.2) is 12.1 Å². The number of nitrogens with one attached hydrogen (secondary N) is 1. The van der Waals surface area contributed by atoms with E-state index < -0.39 is 10.8 Å².